The van der Waals surface area contributed by atoms with Gasteiger partial charge < -0.3 is 5.73 Å². The second-order valence-corrected chi connectivity index (χ2v) is 6.09. The van der Waals surface area contributed by atoms with Crippen molar-refractivity contribution in [2.24, 2.45) is 5.73 Å². The van der Waals surface area contributed by atoms with Crippen molar-refractivity contribution in [3.8, 4) is 0 Å². The molecule has 1 fully saturated rings. The van der Waals surface area contributed by atoms with E-state index in [2.05, 4.69) is 4.90 Å². The highest BCUT2D eigenvalue weighted by molar-refractivity contribution is 7.99. The van der Waals surface area contributed by atoms with Crippen LogP contribution in [0.4, 0.5) is 4.39 Å². The fourth-order valence-electron chi connectivity index (χ4n) is 2.07. The van der Waals surface area contributed by atoms with E-state index in [1.54, 1.807) is 6.07 Å². The highest BCUT2D eigenvalue weighted by Gasteiger charge is 2.11. The van der Waals surface area contributed by atoms with Crippen LogP contribution in [0.25, 0.3) is 0 Å². The summed E-state index contributed by atoms with van der Waals surface area (Å²) in [6.07, 6.45) is 1.22. The van der Waals surface area contributed by atoms with Crippen LogP contribution < -0.4 is 5.73 Å². The van der Waals surface area contributed by atoms with Crippen molar-refractivity contribution in [1.29, 1.82) is 0 Å². The van der Waals surface area contributed by atoms with E-state index in [0.717, 1.165) is 25.2 Å². The molecule has 98 valence electrons. The summed E-state index contributed by atoms with van der Waals surface area (Å²) in [4.78, 5) is 2.53. The highest BCUT2D eigenvalue weighted by atomic mass is 32.2. The molecule has 0 aliphatic carbocycles. The van der Waals surface area contributed by atoms with Crippen molar-refractivity contribution in [1.82, 2.24) is 4.90 Å². The molecule has 1 aromatic rings. The van der Waals surface area contributed by atoms with Crippen LogP contribution in [-0.4, -0.2) is 34.5 Å². The predicted octanol–water partition coefficient (Wildman–Crippen LogP) is 2.40. The lowest BCUT2D eigenvalue weighted by Crippen LogP contribution is -2.25. The smallest absolute Gasteiger partial charge is 0.133 e. The van der Waals surface area contributed by atoms with E-state index in [-0.39, 0.29) is 10.8 Å². The van der Waals surface area contributed by atoms with Gasteiger partial charge in [-0.15, -0.1) is 0 Å². The fraction of sp³-hybridized carbons (Fsp3) is 0.462. The van der Waals surface area contributed by atoms with Crippen LogP contribution in [0.3, 0.4) is 0 Å². The van der Waals surface area contributed by atoms with Crippen LogP contribution in [0.15, 0.2) is 18.2 Å². The van der Waals surface area contributed by atoms with Gasteiger partial charge in [0.1, 0.15) is 10.8 Å². The number of benzene rings is 1. The zero-order valence-corrected chi connectivity index (χ0v) is 11.8. The van der Waals surface area contributed by atoms with Gasteiger partial charge in [0.05, 0.1) is 0 Å². The lowest BCUT2D eigenvalue weighted by atomic mass is 10.1. The lowest BCUT2D eigenvalue weighted by molar-refractivity contribution is 0.287. The summed E-state index contributed by atoms with van der Waals surface area (Å²) >= 11 is 6.85. The van der Waals surface area contributed by atoms with Gasteiger partial charge in [-0.25, -0.2) is 4.39 Å². The van der Waals surface area contributed by atoms with Crippen LogP contribution in [0.5, 0.6) is 0 Å². The maximum Gasteiger partial charge on any atom is 0.133 e. The van der Waals surface area contributed by atoms with E-state index in [0.29, 0.717) is 5.56 Å². The largest absolute Gasteiger partial charge is 0.389 e. The molecule has 1 heterocycles. The van der Waals surface area contributed by atoms with Crippen molar-refractivity contribution < 1.29 is 4.39 Å². The highest BCUT2D eigenvalue weighted by Crippen LogP contribution is 2.16. The lowest BCUT2D eigenvalue weighted by Gasteiger charge is -2.19. The summed E-state index contributed by atoms with van der Waals surface area (Å²) in [5.41, 5.74) is 6.94. The summed E-state index contributed by atoms with van der Waals surface area (Å²) in [6, 6.07) is 5.04. The molecule has 0 unspecified atom stereocenters. The second-order valence-electron chi connectivity index (χ2n) is 4.42. The molecule has 0 spiro atoms. The van der Waals surface area contributed by atoms with Crippen molar-refractivity contribution in [2.75, 3.05) is 24.6 Å². The number of rotatable bonds is 3. The Bertz CT molecular complexity index is 429. The quantitative estimate of drug-likeness (QED) is 0.863. The van der Waals surface area contributed by atoms with Crippen LogP contribution in [-0.2, 0) is 6.54 Å². The molecule has 2 nitrogen and oxygen atoms in total. The maximum atomic E-state index is 13.5. The minimum Gasteiger partial charge on any atom is -0.389 e. The van der Waals surface area contributed by atoms with E-state index in [1.165, 1.54) is 24.0 Å². The molecule has 5 heteroatoms. The first-order valence-corrected chi connectivity index (χ1v) is 7.61. The number of thioether (sulfide) groups is 1. The van der Waals surface area contributed by atoms with Gasteiger partial charge in [0, 0.05) is 24.4 Å². The number of hydrogen-bond donors (Lipinski definition) is 1. The summed E-state index contributed by atoms with van der Waals surface area (Å²) < 4.78 is 13.5. The topological polar surface area (TPSA) is 29.3 Å². The first-order valence-electron chi connectivity index (χ1n) is 6.05. The standard InChI is InChI=1S/C13H17FN2S2/c14-12-3-2-10(8-11(12)13(15)17)9-16-4-1-6-18-7-5-16/h2-3,8H,1,4-7,9H2,(H2,15,17). The Morgan fingerprint density at radius 3 is 3.00 bits per heavy atom. The zero-order valence-electron chi connectivity index (χ0n) is 10.2. The van der Waals surface area contributed by atoms with Crippen molar-refractivity contribution in [3.63, 3.8) is 0 Å². The van der Waals surface area contributed by atoms with Crippen LogP contribution in [0.2, 0.25) is 0 Å². The number of halogens is 1. The minimum atomic E-state index is -0.335. The van der Waals surface area contributed by atoms with Gasteiger partial charge in [-0.1, -0.05) is 18.3 Å². The van der Waals surface area contributed by atoms with Gasteiger partial charge in [-0.3, -0.25) is 4.90 Å². The van der Waals surface area contributed by atoms with E-state index in [1.807, 2.05) is 17.8 Å². The third kappa shape index (κ3) is 3.67. The molecule has 0 atom stereocenters. The van der Waals surface area contributed by atoms with Gasteiger partial charge >= 0.3 is 0 Å². The fourth-order valence-corrected chi connectivity index (χ4v) is 3.15. The van der Waals surface area contributed by atoms with Crippen LogP contribution in [0.1, 0.15) is 17.5 Å². The number of hydrogen-bond acceptors (Lipinski definition) is 3. The Balaban J connectivity index is 2.08. The average molecular weight is 284 g/mol. The van der Waals surface area contributed by atoms with E-state index < -0.39 is 0 Å². The average Bonchev–Trinajstić information content (AvgIpc) is 2.60. The predicted molar refractivity (Wildman–Crippen MR) is 79.5 cm³/mol. The van der Waals surface area contributed by atoms with E-state index >= 15 is 0 Å². The molecule has 1 aromatic carbocycles. The SMILES string of the molecule is NC(=S)c1cc(CN2CCCSCC2)ccc1F. The van der Waals surface area contributed by atoms with Gasteiger partial charge in [-0.2, -0.15) is 11.8 Å². The molecular formula is C13H17FN2S2. The molecule has 1 saturated heterocycles. The summed E-state index contributed by atoms with van der Waals surface area (Å²) in [5, 5.41) is 0. The monoisotopic (exact) mass is 284 g/mol. The van der Waals surface area contributed by atoms with Crippen molar-refractivity contribution >= 4 is 29.0 Å². The molecule has 2 N–H and O–H groups in total. The third-order valence-corrected chi connectivity index (χ3v) is 4.29. The number of thiocarbonyl (C=S) groups is 1. The van der Waals surface area contributed by atoms with Gasteiger partial charge in [0.2, 0.25) is 0 Å². The second kappa shape index (κ2) is 6.50. The molecular weight excluding hydrogens is 267 g/mol. The normalized spacial score (nSPS) is 17.4. The molecule has 0 amide bonds. The van der Waals surface area contributed by atoms with Crippen molar-refractivity contribution in [3.05, 3.63) is 35.1 Å². The van der Waals surface area contributed by atoms with E-state index in [4.69, 9.17) is 18.0 Å². The van der Waals surface area contributed by atoms with Gasteiger partial charge in [0.15, 0.2) is 0 Å². The first-order chi connectivity index (χ1) is 8.66. The Hall–Kier alpha value is -0.650. The van der Waals surface area contributed by atoms with E-state index in [9.17, 15) is 4.39 Å². The molecule has 0 bridgehead atoms. The maximum absolute atomic E-state index is 13.5. The Kier molecular flexibility index (Phi) is 4.97. The van der Waals surface area contributed by atoms with Crippen LogP contribution in [0, 0.1) is 5.82 Å². The van der Waals surface area contributed by atoms with Gasteiger partial charge in [-0.05, 0) is 36.4 Å². The minimum absolute atomic E-state index is 0.126. The number of nitrogens with two attached hydrogens (primary N) is 1. The summed E-state index contributed by atoms with van der Waals surface area (Å²) in [5.74, 6) is 2.07. The molecule has 18 heavy (non-hydrogen) atoms. The Labute approximate surface area is 117 Å². The third-order valence-electron chi connectivity index (χ3n) is 3.02. The molecule has 2 rings (SSSR count). The first kappa shape index (κ1) is 13.8. The molecule has 1 aliphatic heterocycles. The van der Waals surface area contributed by atoms with Gasteiger partial charge in [0.25, 0.3) is 0 Å². The summed E-state index contributed by atoms with van der Waals surface area (Å²) in [7, 11) is 0. The van der Waals surface area contributed by atoms with Crippen molar-refractivity contribution in [2.45, 2.75) is 13.0 Å². The van der Waals surface area contributed by atoms with Crippen LogP contribution >= 0.6 is 24.0 Å². The number of nitrogens with zero attached hydrogens (tertiary/aromatic N) is 1. The molecule has 0 saturated carbocycles. The zero-order chi connectivity index (χ0) is 13.0. The summed E-state index contributed by atoms with van der Waals surface area (Å²) in [6.45, 7) is 3.04. The molecule has 0 radical (unpaired) electrons. The Morgan fingerprint density at radius 2 is 2.22 bits per heavy atom. The molecule has 1 aliphatic rings. The molecule has 0 aromatic heterocycles. The Morgan fingerprint density at radius 1 is 1.39 bits per heavy atom.